The number of aryl methyl sites for hydroxylation is 1. The van der Waals surface area contributed by atoms with Crippen molar-refractivity contribution in [2.24, 2.45) is 5.92 Å². The van der Waals surface area contributed by atoms with Crippen molar-refractivity contribution in [3.63, 3.8) is 0 Å². The van der Waals surface area contributed by atoms with Gasteiger partial charge in [-0.05, 0) is 43.4 Å². The summed E-state index contributed by atoms with van der Waals surface area (Å²) in [5.74, 6) is 6.12. The van der Waals surface area contributed by atoms with Gasteiger partial charge in [-0.2, -0.15) is 0 Å². The maximum absolute atomic E-state index is 12.2. The third-order valence-electron chi connectivity index (χ3n) is 4.02. The van der Waals surface area contributed by atoms with E-state index in [0.717, 1.165) is 16.8 Å². The molecule has 0 atom stereocenters. The van der Waals surface area contributed by atoms with Crippen molar-refractivity contribution in [2.45, 2.75) is 45.4 Å². The number of amides is 1. The molecule has 1 amide bonds. The summed E-state index contributed by atoms with van der Waals surface area (Å²) in [5, 5.41) is 11.7. The van der Waals surface area contributed by atoms with Gasteiger partial charge in [0.1, 0.15) is 6.61 Å². The number of benzene rings is 1. The second-order valence-corrected chi connectivity index (χ2v) is 5.75. The molecule has 0 heterocycles. The van der Waals surface area contributed by atoms with Gasteiger partial charge in [-0.3, -0.25) is 4.79 Å². The van der Waals surface area contributed by atoms with Gasteiger partial charge in [0.2, 0.25) is 5.91 Å². The molecule has 0 aromatic heterocycles. The Labute approximate surface area is 126 Å². The van der Waals surface area contributed by atoms with E-state index in [4.69, 9.17) is 5.11 Å². The van der Waals surface area contributed by atoms with E-state index in [1.807, 2.05) is 25.1 Å². The number of aliphatic hydroxyl groups excluding tert-OH is 1. The van der Waals surface area contributed by atoms with Crippen molar-refractivity contribution in [3.8, 4) is 11.8 Å². The Morgan fingerprint density at radius 2 is 2.10 bits per heavy atom. The van der Waals surface area contributed by atoms with Crippen molar-refractivity contribution in [1.29, 1.82) is 0 Å². The molecule has 0 bridgehead atoms. The minimum Gasteiger partial charge on any atom is -0.384 e. The molecule has 3 heteroatoms. The molecule has 2 N–H and O–H groups in total. The molecule has 3 nitrogen and oxygen atoms in total. The van der Waals surface area contributed by atoms with Crippen LogP contribution in [0.4, 0.5) is 5.69 Å². The molecule has 0 radical (unpaired) electrons. The van der Waals surface area contributed by atoms with Crippen LogP contribution in [0.3, 0.4) is 0 Å². The van der Waals surface area contributed by atoms with Crippen LogP contribution < -0.4 is 5.32 Å². The van der Waals surface area contributed by atoms with Crippen molar-refractivity contribution in [2.75, 3.05) is 11.9 Å². The number of anilines is 1. The number of hydrogen-bond acceptors (Lipinski definition) is 2. The van der Waals surface area contributed by atoms with Crippen LogP contribution in [0.1, 0.15) is 49.7 Å². The molecule has 21 heavy (non-hydrogen) atoms. The quantitative estimate of drug-likeness (QED) is 0.838. The Kier molecular flexibility index (Phi) is 5.83. The maximum Gasteiger partial charge on any atom is 0.224 e. The van der Waals surface area contributed by atoms with Crippen LogP contribution in [0.2, 0.25) is 0 Å². The van der Waals surface area contributed by atoms with Crippen LogP contribution >= 0.6 is 0 Å². The normalized spacial score (nSPS) is 15.1. The fourth-order valence-corrected chi connectivity index (χ4v) is 2.83. The number of rotatable bonds is 3. The van der Waals surface area contributed by atoms with Crippen LogP contribution in [0.5, 0.6) is 0 Å². The Hall–Kier alpha value is -1.79. The summed E-state index contributed by atoms with van der Waals surface area (Å²) in [6.07, 6.45) is 6.78. The largest absolute Gasteiger partial charge is 0.384 e. The summed E-state index contributed by atoms with van der Waals surface area (Å²) in [5.41, 5.74) is 2.66. The second-order valence-electron chi connectivity index (χ2n) is 5.75. The lowest BCUT2D eigenvalue weighted by atomic mass is 9.87. The highest BCUT2D eigenvalue weighted by molar-refractivity contribution is 5.91. The molecule has 1 aliphatic rings. The maximum atomic E-state index is 12.2. The van der Waals surface area contributed by atoms with E-state index < -0.39 is 0 Å². The predicted molar refractivity (Wildman–Crippen MR) is 85.0 cm³/mol. The lowest BCUT2D eigenvalue weighted by Crippen LogP contribution is -2.18. The fourth-order valence-electron chi connectivity index (χ4n) is 2.83. The monoisotopic (exact) mass is 285 g/mol. The Morgan fingerprint density at radius 3 is 2.81 bits per heavy atom. The molecular weight excluding hydrogens is 262 g/mol. The minimum absolute atomic E-state index is 0.0947. The smallest absolute Gasteiger partial charge is 0.224 e. The summed E-state index contributed by atoms with van der Waals surface area (Å²) in [6, 6.07) is 5.71. The van der Waals surface area contributed by atoms with E-state index in [-0.39, 0.29) is 12.5 Å². The fraction of sp³-hybridized carbons (Fsp3) is 0.500. The summed E-state index contributed by atoms with van der Waals surface area (Å²) in [7, 11) is 0. The summed E-state index contributed by atoms with van der Waals surface area (Å²) < 4.78 is 0. The molecule has 1 saturated carbocycles. The van der Waals surface area contributed by atoms with E-state index in [1.165, 1.54) is 32.1 Å². The van der Waals surface area contributed by atoms with Crippen LogP contribution in [0.25, 0.3) is 0 Å². The van der Waals surface area contributed by atoms with Gasteiger partial charge in [0.15, 0.2) is 0 Å². The third-order valence-corrected chi connectivity index (χ3v) is 4.02. The third kappa shape index (κ3) is 4.91. The first kappa shape index (κ1) is 15.6. The first-order chi connectivity index (χ1) is 10.2. The number of hydrogen-bond donors (Lipinski definition) is 2. The van der Waals surface area contributed by atoms with E-state index in [0.29, 0.717) is 12.3 Å². The van der Waals surface area contributed by atoms with Gasteiger partial charge >= 0.3 is 0 Å². The standard InChI is InChI=1S/C18H23NO2/c1-14-9-10-16(8-5-11-20)12-17(14)19-18(21)13-15-6-3-2-4-7-15/h9-10,12,15,20H,2-4,6-7,11,13H2,1H3,(H,19,21). The Bertz CT molecular complexity index is 548. The first-order valence-corrected chi connectivity index (χ1v) is 7.69. The molecule has 0 unspecified atom stereocenters. The first-order valence-electron chi connectivity index (χ1n) is 7.69. The van der Waals surface area contributed by atoms with Gasteiger partial charge in [-0.15, -0.1) is 0 Å². The van der Waals surface area contributed by atoms with Gasteiger partial charge in [-0.25, -0.2) is 0 Å². The Morgan fingerprint density at radius 1 is 1.33 bits per heavy atom. The van der Waals surface area contributed by atoms with Crippen molar-refractivity contribution in [3.05, 3.63) is 29.3 Å². The summed E-state index contributed by atoms with van der Waals surface area (Å²) >= 11 is 0. The lowest BCUT2D eigenvalue weighted by Gasteiger charge is -2.21. The van der Waals surface area contributed by atoms with Crippen molar-refractivity contribution in [1.82, 2.24) is 0 Å². The molecule has 112 valence electrons. The van der Waals surface area contributed by atoms with Crippen molar-refractivity contribution >= 4 is 11.6 Å². The molecule has 1 aromatic carbocycles. The molecule has 1 fully saturated rings. The van der Waals surface area contributed by atoms with Crippen LogP contribution in [-0.2, 0) is 4.79 Å². The highest BCUT2D eigenvalue weighted by atomic mass is 16.2. The van der Waals surface area contributed by atoms with E-state index >= 15 is 0 Å². The van der Waals surface area contributed by atoms with E-state index in [2.05, 4.69) is 17.2 Å². The number of carbonyl (C=O) groups is 1. The van der Waals surface area contributed by atoms with Gasteiger partial charge < -0.3 is 10.4 Å². The molecule has 2 rings (SSSR count). The van der Waals surface area contributed by atoms with Gasteiger partial charge in [0.05, 0.1) is 0 Å². The SMILES string of the molecule is Cc1ccc(C#CCO)cc1NC(=O)CC1CCCCC1. The summed E-state index contributed by atoms with van der Waals surface area (Å²) in [6.45, 7) is 1.82. The van der Waals surface area contributed by atoms with Crippen LogP contribution in [0.15, 0.2) is 18.2 Å². The van der Waals surface area contributed by atoms with Crippen molar-refractivity contribution < 1.29 is 9.90 Å². The van der Waals surface area contributed by atoms with E-state index in [9.17, 15) is 4.79 Å². The molecule has 0 aliphatic heterocycles. The average Bonchev–Trinajstić information content (AvgIpc) is 2.49. The van der Waals surface area contributed by atoms with Gasteiger partial charge in [0.25, 0.3) is 0 Å². The lowest BCUT2D eigenvalue weighted by molar-refractivity contribution is -0.117. The molecule has 1 aliphatic carbocycles. The van der Waals surface area contributed by atoms with Crippen LogP contribution in [0, 0.1) is 24.7 Å². The minimum atomic E-state index is -0.156. The summed E-state index contributed by atoms with van der Waals surface area (Å²) in [4.78, 5) is 12.2. The molecule has 1 aromatic rings. The highest BCUT2D eigenvalue weighted by Crippen LogP contribution is 2.27. The zero-order valence-corrected chi connectivity index (χ0v) is 12.6. The topological polar surface area (TPSA) is 49.3 Å². The van der Waals surface area contributed by atoms with Gasteiger partial charge in [0, 0.05) is 17.7 Å². The average molecular weight is 285 g/mol. The van der Waals surface area contributed by atoms with E-state index in [1.54, 1.807) is 0 Å². The molecule has 0 saturated heterocycles. The second kappa shape index (κ2) is 7.85. The number of carbonyl (C=O) groups excluding carboxylic acids is 1. The zero-order chi connectivity index (χ0) is 15.1. The zero-order valence-electron chi connectivity index (χ0n) is 12.6. The predicted octanol–water partition coefficient (Wildman–Crippen LogP) is 3.25. The van der Waals surface area contributed by atoms with Crippen LogP contribution in [-0.4, -0.2) is 17.6 Å². The highest BCUT2D eigenvalue weighted by Gasteiger charge is 2.17. The van der Waals surface area contributed by atoms with Gasteiger partial charge in [-0.1, -0.05) is 37.2 Å². The Balaban J connectivity index is 1.98. The molecular formula is C18H23NO2. The molecule has 0 spiro atoms. The number of aliphatic hydroxyl groups is 1. The number of nitrogens with one attached hydrogen (secondary N) is 1.